The summed E-state index contributed by atoms with van der Waals surface area (Å²) in [5.41, 5.74) is 0.906. The zero-order chi connectivity index (χ0) is 13.1. The minimum absolute atomic E-state index is 0.201. The molecule has 2 atom stereocenters. The Morgan fingerprint density at radius 3 is 2.84 bits per heavy atom. The van der Waals surface area contributed by atoms with Gasteiger partial charge in [-0.3, -0.25) is 0 Å². The molecule has 1 saturated carbocycles. The highest BCUT2D eigenvalue weighted by atomic mass is 16.5. The number of aliphatic hydroxyl groups excluding tert-OH is 1. The summed E-state index contributed by atoms with van der Waals surface area (Å²) in [6.07, 6.45) is 2.84. The number of hydrogen-bond acceptors (Lipinski definition) is 5. The van der Waals surface area contributed by atoms with Gasteiger partial charge in [0, 0.05) is 18.0 Å². The summed E-state index contributed by atoms with van der Waals surface area (Å²) in [6, 6.07) is 9.67. The second-order valence-electron chi connectivity index (χ2n) is 4.93. The molecule has 3 rings (SSSR count). The van der Waals surface area contributed by atoms with E-state index in [4.69, 9.17) is 4.52 Å². The second kappa shape index (κ2) is 5.40. The molecule has 1 aromatic heterocycles. The Bertz CT molecular complexity index is 526. The first-order chi connectivity index (χ1) is 9.33. The Labute approximate surface area is 111 Å². The Kier molecular flexibility index (Phi) is 3.46. The van der Waals surface area contributed by atoms with Crippen LogP contribution >= 0.6 is 0 Å². The van der Waals surface area contributed by atoms with Gasteiger partial charge < -0.3 is 14.9 Å². The average Bonchev–Trinajstić information content (AvgIpc) is 3.06. The van der Waals surface area contributed by atoms with Gasteiger partial charge in [0.2, 0.25) is 0 Å². The van der Waals surface area contributed by atoms with Gasteiger partial charge in [-0.25, -0.2) is 0 Å². The molecule has 1 heterocycles. The molecular weight excluding hydrogens is 242 g/mol. The summed E-state index contributed by atoms with van der Waals surface area (Å²) in [4.78, 5) is 4.30. The molecule has 1 fully saturated rings. The normalized spacial score (nSPS) is 22.6. The molecule has 19 heavy (non-hydrogen) atoms. The molecule has 5 nitrogen and oxygen atoms in total. The smallest absolute Gasteiger partial charge is 0.263 e. The van der Waals surface area contributed by atoms with Gasteiger partial charge in [0.15, 0.2) is 0 Å². The van der Waals surface area contributed by atoms with Crippen LogP contribution in [0.5, 0.6) is 0 Å². The molecular formula is C14H17N3O2. The van der Waals surface area contributed by atoms with E-state index >= 15 is 0 Å². The lowest BCUT2D eigenvalue weighted by atomic mass is 10.1. The molecule has 5 heteroatoms. The molecule has 1 aliphatic carbocycles. The Morgan fingerprint density at radius 1 is 1.26 bits per heavy atom. The third-order valence-electron chi connectivity index (χ3n) is 3.59. The maximum absolute atomic E-state index is 9.75. The van der Waals surface area contributed by atoms with Crippen LogP contribution < -0.4 is 5.32 Å². The number of aliphatic hydroxyl groups is 1. The highest BCUT2D eigenvalue weighted by Crippen LogP contribution is 2.25. The molecule has 2 N–H and O–H groups in total. The molecule has 1 aromatic carbocycles. The lowest BCUT2D eigenvalue weighted by Gasteiger charge is -2.13. The lowest BCUT2D eigenvalue weighted by molar-refractivity contribution is 0.138. The van der Waals surface area contributed by atoms with Crippen LogP contribution in [0.4, 0.5) is 5.95 Å². The standard InChI is InChI=1S/C14H17N3O2/c18-12-8-4-7-11(12)9-15-14-16-13(19-17-14)10-5-2-1-3-6-10/h1-3,5-6,11-12,18H,4,7-9H2,(H,15,17). The maximum atomic E-state index is 9.75. The third-order valence-corrected chi connectivity index (χ3v) is 3.59. The Hall–Kier alpha value is -1.88. The Morgan fingerprint density at radius 2 is 2.11 bits per heavy atom. The van der Waals surface area contributed by atoms with Crippen molar-refractivity contribution in [2.45, 2.75) is 25.4 Å². The van der Waals surface area contributed by atoms with Gasteiger partial charge in [-0.05, 0) is 30.1 Å². The first-order valence-corrected chi connectivity index (χ1v) is 6.64. The van der Waals surface area contributed by atoms with Crippen molar-refractivity contribution in [2.24, 2.45) is 5.92 Å². The van der Waals surface area contributed by atoms with Gasteiger partial charge in [0.1, 0.15) is 0 Å². The quantitative estimate of drug-likeness (QED) is 0.881. The number of anilines is 1. The number of nitrogens with zero attached hydrogens (tertiary/aromatic N) is 2. The van der Waals surface area contributed by atoms with Crippen LogP contribution in [-0.4, -0.2) is 27.9 Å². The molecule has 100 valence electrons. The zero-order valence-electron chi connectivity index (χ0n) is 10.6. The van der Waals surface area contributed by atoms with Gasteiger partial charge in [0.05, 0.1) is 6.10 Å². The number of aromatic nitrogens is 2. The topological polar surface area (TPSA) is 71.2 Å². The first-order valence-electron chi connectivity index (χ1n) is 6.64. The molecule has 0 saturated heterocycles. The van der Waals surface area contributed by atoms with Crippen LogP contribution in [0.3, 0.4) is 0 Å². The summed E-state index contributed by atoms with van der Waals surface area (Å²) < 4.78 is 5.21. The summed E-state index contributed by atoms with van der Waals surface area (Å²) in [7, 11) is 0. The van der Waals surface area contributed by atoms with Gasteiger partial charge >= 0.3 is 0 Å². The minimum atomic E-state index is -0.201. The fourth-order valence-corrected chi connectivity index (χ4v) is 2.47. The highest BCUT2D eigenvalue weighted by molar-refractivity contribution is 5.53. The molecule has 1 aliphatic rings. The van der Waals surface area contributed by atoms with Crippen molar-refractivity contribution < 1.29 is 9.63 Å². The van der Waals surface area contributed by atoms with E-state index in [1.165, 1.54) is 0 Å². The second-order valence-corrected chi connectivity index (χ2v) is 4.93. The zero-order valence-corrected chi connectivity index (χ0v) is 10.6. The van der Waals surface area contributed by atoms with Crippen molar-refractivity contribution in [1.82, 2.24) is 10.1 Å². The largest absolute Gasteiger partial charge is 0.393 e. The summed E-state index contributed by atoms with van der Waals surface area (Å²) >= 11 is 0. The van der Waals surface area contributed by atoms with E-state index in [1.54, 1.807) is 0 Å². The monoisotopic (exact) mass is 259 g/mol. The maximum Gasteiger partial charge on any atom is 0.263 e. The summed E-state index contributed by atoms with van der Waals surface area (Å²) in [5, 5.41) is 16.8. The van der Waals surface area contributed by atoms with Gasteiger partial charge in [0.25, 0.3) is 11.8 Å². The molecule has 0 aliphatic heterocycles. The number of hydrogen-bond donors (Lipinski definition) is 2. The van der Waals surface area contributed by atoms with Gasteiger partial charge in [-0.15, -0.1) is 0 Å². The van der Waals surface area contributed by atoms with E-state index in [0.717, 1.165) is 24.8 Å². The van der Waals surface area contributed by atoms with Crippen molar-refractivity contribution in [2.75, 3.05) is 11.9 Å². The lowest BCUT2D eigenvalue weighted by Crippen LogP contribution is -2.22. The molecule has 0 amide bonds. The predicted molar refractivity (Wildman–Crippen MR) is 71.6 cm³/mol. The van der Waals surface area contributed by atoms with E-state index in [2.05, 4.69) is 15.5 Å². The minimum Gasteiger partial charge on any atom is -0.393 e. The Balaban J connectivity index is 1.62. The molecule has 2 aromatic rings. The SMILES string of the molecule is OC1CCCC1CNc1noc(-c2ccccc2)n1. The highest BCUT2D eigenvalue weighted by Gasteiger charge is 2.25. The number of nitrogens with one attached hydrogen (secondary N) is 1. The third kappa shape index (κ3) is 2.76. The van der Waals surface area contributed by atoms with Crippen LogP contribution in [0.25, 0.3) is 11.5 Å². The summed E-state index contributed by atoms with van der Waals surface area (Å²) in [6.45, 7) is 0.689. The van der Waals surface area contributed by atoms with Crippen LogP contribution in [0.15, 0.2) is 34.9 Å². The fraction of sp³-hybridized carbons (Fsp3) is 0.429. The fourth-order valence-electron chi connectivity index (χ4n) is 2.47. The van der Waals surface area contributed by atoms with Crippen LogP contribution in [0.2, 0.25) is 0 Å². The number of rotatable bonds is 4. The average molecular weight is 259 g/mol. The van der Waals surface area contributed by atoms with Crippen molar-refractivity contribution in [3.8, 4) is 11.5 Å². The van der Waals surface area contributed by atoms with Gasteiger partial charge in [-0.2, -0.15) is 4.98 Å². The van der Waals surface area contributed by atoms with Crippen molar-refractivity contribution in [3.05, 3.63) is 30.3 Å². The van der Waals surface area contributed by atoms with Crippen molar-refractivity contribution in [1.29, 1.82) is 0 Å². The van der Waals surface area contributed by atoms with E-state index in [0.29, 0.717) is 24.3 Å². The van der Waals surface area contributed by atoms with Crippen LogP contribution in [-0.2, 0) is 0 Å². The van der Waals surface area contributed by atoms with E-state index in [1.807, 2.05) is 30.3 Å². The first kappa shape index (κ1) is 12.2. The van der Waals surface area contributed by atoms with Crippen molar-refractivity contribution >= 4 is 5.95 Å². The van der Waals surface area contributed by atoms with Crippen LogP contribution in [0, 0.1) is 5.92 Å². The van der Waals surface area contributed by atoms with E-state index in [-0.39, 0.29) is 6.10 Å². The molecule has 0 bridgehead atoms. The molecule has 0 spiro atoms. The van der Waals surface area contributed by atoms with Crippen LogP contribution in [0.1, 0.15) is 19.3 Å². The number of benzene rings is 1. The molecule has 2 unspecified atom stereocenters. The predicted octanol–water partition coefficient (Wildman–Crippen LogP) is 2.31. The van der Waals surface area contributed by atoms with Crippen molar-refractivity contribution in [3.63, 3.8) is 0 Å². The summed E-state index contributed by atoms with van der Waals surface area (Å²) in [5.74, 6) is 1.28. The van der Waals surface area contributed by atoms with E-state index < -0.39 is 0 Å². The van der Waals surface area contributed by atoms with E-state index in [9.17, 15) is 5.11 Å². The van der Waals surface area contributed by atoms with Gasteiger partial charge in [-0.1, -0.05) is 24.6 Å². The molecule has 0 radical (unpaired) electrons.